The van der Waals surface area contributed by atoms with Gasteiger partial charge in [-0.2, -0.15) is 0 Å². The monoisotopic (exact) mass is 456 g/mol. The fourth-order valence-corrected chi connectivity index (χ4v) is 2.80. The van der Waals surface area contributed by atoms with Crippen LogP contribution in [0.1, 0.15) is 17.3 Å². The lowest BCUT2D eigenvalue weighted by Crippen LogP contribution is -2.21. The van der Waals surface area contributed by atoms with E-state index in [1.54, 1.807) is 13.0 Å². The molecule has 0 unspecified atom stereocenters. The Balaban J connectivity index is 2.39. The van der Waals surface area contributed by atoms with Gasteiger partial charge in [-0.15, -0.1) is 0 Å². The minimum Gasteiger partial charge on any atom is -0.462 e. The number of halogens is 3. The second kappa shape index (κ2) is 6.87. The molecule has 0 bridgehead atoms. The summed E-state index contributed by atoms with van der Waals surface area (Å²) in [5, 5.41) is 0.134. The van der Waals surface area contributed by atoms with Crippen molar-refractivity contribution < 1.29 is 18.3 Å². The normalized spacial score (nSPS) is 10.9. The Morgan fingerprint density at radius 2 is 2.04 bits per heavy atom. The third kappa shape index (κ3) is 3.26. The highest BCUT2D eigenvalue weighted by Crippen LogP contribution is 2.21. The molecule has 1 aromatic carbocycles. The number of ether oxygens (including phenoxy) is 1. The van der Waals surface area contributed by atoms with E-state index in [0.29, 0.717) is 3.70 Å². The first-order valence-corrected chi connectivity index (χ1v) is 8.34. The van der Waals surface area contributed by atoms with E-state index in [9.17, 15) is 18.4 Å². The highest BCUT2D eigenvalue weighted by molar-refractivity contribution is 14.1. The minimum atomic E-state index is -0.847. The fraction of sp³-hybridized carbons (Fsp3) is 0.118. The van der Waals surface area contributed by atoms with E-state index in [1.165, 1.54) is 22.9 Å². The molecule has 3 aromatic rings. The molecule has 0 fully saturated rings. The van der Waals surface area contributed by atoms with E-state index in [-0.39, 0.29) is 28.9 Å². The second-order valence-electron chi connectivity index (χ2n) is 5.06. The zero-order chi connectivity index (χ0) is 18.1. The van der Waals surface area contributed by atoms with Gasteiger partial charge < -0.3 is 4.74 Å². The maximum Gasteiger partial charge on any atom is 0.343 e. The van der Waals surface area contributed by atoms with Gasteiger partial charge in [-0.3, -0.25) is 9.36 Å². The molecule has 0 aliphatic carbocycles. The molecule has 0 saturated carbocycles. The fourth-order valence-electron chi connectivity index (χ4n) is 2.39. The zero-order valence-electron chi connectivity index (χ0n) is 12.9. The number of hydrogen-bond acceptors (Lipinski definition) is 4. The van der Waals surface area contributed by atoms with Gasteiger partial charge in [0.25, 0.3) is 0 Å². The molecule has 5 nitrogen and oxygen atoms in total. The summed E-state index contributed by atoms with van der Waals surface area (Å²) >= 11 is 1.95. The molecule has 0 aliphatic rings. The highest BCUT2D eigenvalue weighted by Gasteiger charge is 2.19. The van der Waals surface area contributed by atoms with Gasteiger partial charge in [0.2, 0.25) is 5.43 Å². The Labute approximate surface area is 154 Å². The summed E-state index contributed by atoms with van der Waals surface area (Å²) in [7, 11) is 0. The van der Waals surface area contributed by atoms with Crippen molar-refractivity contribution in [2.75, 3.05) is 6.61 Å². The molecule has 25 heavy (non-hydrogen) atoms. The molecule has 3 rings (SSSR count). The number of carbonyl (C=O) groups excluding carboxylic acids is 1. The molecule has 0 aliphatic heterocycles. The average molecular weight is 456 g/mol. The van der Waals surface area contributed by atoms with E-state index in [0.717, 1.165) is 12.1 Å². The first kappa shape index (κ1) is 17.5. The van der Waals surface area contributed by atoms with Crippen LogP contribution in [0.5, 0.6) is 0 Å². The van der Waals surface area contributed by atoms with Gasteiger partial charge in [-0.25, -0.2) is 18.6 Å². The largest absolute Gasteiger partial charge is 0.462 e. The lowest BCUT2D eigenvalue weighted by Gasteiger charge is -2.13. The van der Waals surface area contributed by atoms with E-state index in [4.69, 9.17) is 4.74 Å². The number of carbonyl (C=O) groups is 1. The van der Waals surface area contributed by atoms with Gasteiger partial charge in [0.05, 0.1) is 17.7 Å². The van der Waals surface area contributed by atoms with Crippen molar-refractivity contribution in [1.82, 2.24) is 9.55 Å². The van der Waals surface area contributed by atoms with E-state index in [1.807, 2.05) is 22.6 Å². The lowest BCUT2D eigenvalue weighted by atomic mass is 10.1. The minimum absolute atomic E-state index is 0.0357. The number of nitrogens with zero attached hydrogens (tertiary/aromatic N) is 2. The topological polar surface area (TPSA) is 61.2 Å². The van der Waals surface area contributed by atoms with Crippen LogP contribution >= 0.6 is 22.6 Å². The predicted molar refractivity (Wildman–Crippen MR) is 95.9 cm³/mol. The Morgan fingerprint density at radius 3 is 2.72 bits per heavy atom. The maximum absolute atomic E-state index is 14.3. The maximum atomic E-state index is 14.3. The summed E-state index contributed by atoms with van der Waals surface area (Å²) in [4.78, 5) is 28.9. The highest BCUT2D eigenvalue weighted by atomic mass is 127. The van der Waals surface area contributed by atoms with Gasteiger partial charge in [-0.1, -0.05) is 0 Å². The first-order valence-electron chi connectivity index (χ1n) is 7.27. The summed E-state index contributed by atoms with van der Waals surface area (Å²) in [6.45, 7) is 1.70. The number of rotatable bonds is 3. The summed E-state index contributed by atoms with van der Waals surface area (Å²) in [5.74, 6) is -2.40. The molecule has 0 saturated heterocycles. The quantitative estimate of drug-likeness (QED) is 0.344. The van der Waals surface area contributed by atoms with Crippen LogP contribution < -0.4 is 5.43 Å². The Bertz CT molecular complexity index is 1050. The SMILES string of the molecule is CCOC(=O)c1cn(-c2ccc(F)cc2F)c2nc(I)ccc2c1=O. The molecule has 0 amide bonds. The molecule has 0 radical (unpaired) electrons. The molecule has 128 valence electrons. The Kier molecular flexibility index (Phi) is 4.80. The average Bonchev–Trinajstić information content (AvgIpc) is 2.56. The molecule has 0 atom stereocenters. The van der Waals surface area contributed by atoms with Crippen molar-refractivity contribution >= 4 is 39.6 Å². The summed E-state index contributed by atoms with van der Waals surface area (Å²) < 4.78 is 34.2. The molecular weight excluding hydrogens is 445 g/mol. The molecule has 0 N–H and O–H groups in total. The van der Waals surface area contributed by atoms with Crippen LogP contribution in [-0.2, 0) is 4.74 Å². The van der Waals surface area contributed by atoms with Gasteiger partial charge in [0.1, 0.15) is 26.5 Å². The standard InChI is InChI=1S/C17H11F2IN2O3/c1-2-25-17(24)11-8-22(13-5-3-9(18)7-12(13)19)16-10(15(11)23)4-6-14(20)21-16/h3-8H,2H2,1H3. The second-order valence-corrected chi connectivity index (χ2v) is 6.17. The van der Waals surface area contributed by atoms with Gasteiger partial charge in [-0.05, 0) is 53.8 Å². The van der Waals surface area contributed by atoms with Crippen molar-refractivity contribution in [3.63, 3.8) is 0 Å². The molecule has 2 aromatic heterocycles. The number of pyridine rings is 2. The van der Waals surface area contributed by atoms with Crippen LogP contribution in [0.4, 0.5) is 8.78 Å². The number of esters is 1. The summed E-state index contributed by atoms with van der Waals surface area (Å²) in [6, 6.07) is 6.13. The van der Waals surface area contributed by atoms with Crippen LogP contribution in [0.3, 0.4) is 0 Å². The Morgan fingerprint density at radius 1 is 1.28 bits per heavy atom. The van der Waals surface area contributed by atoms with Crippen molar-refractivity contribution in [3.05, 3.63) is 67.7 Å². The van der Waals surface area contributed by atoms with Crippen molar-refractivity contribution in [1.29, 1.82) is 0 Å². The van der Waals surface area contributed by atoms with Crippen LogP contribution in [0, 0.1) is 15.3 Å². The van der Waals surface area contributed by atoms with E-state index >= 15 is 0 Å². The molecule has 8 heteroatoms. The summed E-state index contributed by atoms with van der Waals surface area (Å²) in [5.41, 5.74) is -0.681. The first-order chi connectivity index (χ1) is 11.9. The van der Waals surface area contributed by atoms with Crippen molar-refractivity contribution in [2.45, 2.75) is 6.92 Å². The molecule has 2 heterocycles. The zero-order valence-corrected chi connectivity index (χ0v) is 15.1. The third-order valence-corrected chi connectivity index (χ3v) is 4.08. The van der Waals surface area contributed by atoms with Crippen LogP contribution in [0.25, 0.3) is 16.7 Å². The molecular formula is C17H11F2IN2O3. The van der Waals surface area contributed by atoms with Crippen LogP contribution in [0.2, 0.25) is 0 Å². The van der Waals surface area contributed by atoms with Crippen LogP contribution in [-0.4, -0.2) is 22.1 Å². The van der Waals surface area contributed by atoms with Crippen molar-refractivity contribution in [3.8, 4) is 5.69 Å². The predicted octanol–water partition coefficient (Wildman–Crippen LogP) is 3.45. The number of benzene rings is 1. The Hall–Kier alpha value is -2.36. The summed E-state index contributed by atoms with van der Waals surface area (Å²) in [6.07, 6.45) is 1.17. The lowest BCUT2D eigenvalue weighted by molar-refractivity contribution is 0.0524. The van der Waals surface area contributed by atoms with Crippen LogP contribution in [0.15, 0.2) is 41.3 Å². The van der Waals surface area contributed by atoms with Gasteiger partial charge >= 0.3 is 5.97 Å². The third-order valence-electron chi connectivity index (χ3n) is 3.48. The smallest absolute Gasteiger partial charge is 0.343 e. The number of fused-ring (bicyclic) bond motifs is 1. The van der Waals surface area contributed by atoms with E-state index in [2.05, 4.69) is 4.98 Å². The van der Waals surface area contributed by atoms with Gasteiger partial charge in [0.15, 0.2) is 0 Å². The number of hydrogen-bond donors (Lipinski definition) is 0. The number of aromatic nitrogens is 2. The van der Waals surface area contributed by atoms with Crippen molar-refractivity contribution in [2.24, 2.45) is 0 Å². The van der Waals surface area contributed by atoms with E-state index < -0.39 is 23.0 Å². The molecule has 0 spiro atoms. The van der Waals surface area contributed by atoms with Gasteiger partial charge in [0, 0.05) is 12.3 Å².